The molecule has 0 unspecified atom stereocenters. The monoisotopic (exact) mass is 297 g/mol. The molecule has 0 fully saturated rings. The van der Waals surface area contributed by atoms with Gasteiger partial charge in [-0.15, -0.1) is 0 Å². The van der Waals surface area contributed by atoms with E-state index in [9.17, 15) is 13.2 Å². The molecule has 0 aliphatic heterocycles. The Balaban J connectivity index is 2.32. The molecule has 0 aliphatic carbocycles. The summed E-state index contributed by atoms with van der Waals surface area (Å²) in [5.74, 6) is 0. The maximum absolute atomic E-state index is 13.1. The van der Waals surface area contributed by atoms with Gasteiger partial charge < -0.3 is 5.32 Å². The molecule has 0 saturated carbocycles. The normalized spacial score (nSPS) is 11.6. The smallest absolute Gasteiger partial charge is 0.316 e. The summed E-state index contributed by atoms with van der Waals surface area (Å²) < 4.78 is 39.2. The Bertz CT molecular complexity index is 567. The van der Waals surface area contributed by atoms with E-state index in [-0.39, 0.29) is 12.1 Å². The van der Waals surface area contributed by atoms with Crippen molar-refractivity contribution in [2.45, 2.75) is 22.5 Å². The highest BCUT2D eigenvalue weighted by atomic mass is 32.2. The zero-order valence-electron chi connectivity index (χ0n) is 10.9. The Hall–Kier alpha value is -1.46. The van der Waals surface area contributed by atoms with Crippen molar-refractivity contribution in [3.05, 3.63) is 59.7 Å². The highest BCUT2D eigenvalue weighted by molar-refractivity contribution is 7.99. The fraction of sp³-hybridized carbons (Fsp3) is 0.200. The number of rotatable bonds is 4. The zero-order chi connectivity index (χ0) is 14.6. The maximum atomic E-state index is 13.1. The minimum absolute atomic E-state index is 0.200. The Kier molecular flexibility index (Phi) is 4.73. The van der Waals surface area contributed by atoms with Crippen molar-refractivity contribution in [1.82, 2.24) is 5.32 Å². The molecule has 0 atom stereocenters. The van der Waals surface area contributed by atoms with Gasteiger partial charge in [0.1, 0.15) is 0 Å². The van der Waals surface area contributed by atoms with Crippen LogP contribution in [0.1, 0.15) is 11.1 Å². The average Bonchev–Trinajstić information content (AvgIpc) is 2.41. The second kappa shape index (κ2) is 6.33. The largest absolute Gasteiger partial charge is 0.416 e. The molecule has 0 aliphatic rings. The van der Waals surface area contributed by atoms with E-state index in [0.29, 0.717) is 4.90 Å². The van der Waals surface area contributed by atoms with Gasteiger partial charge in [-0.05, 0) is 36.9 Å². The summed E-state index contributed by atoms with van der Waals surface area (Å²) in [6.07, 6.45) is -4.33. The fourth-order valence-corrected chi connectivity index (χ4v) is 2.73. The van der Waals surface area contributed by atoms with E-state index < -0.39 is 11.7 Å². The number of hydrogen-bond acceptors (Lipinski definition) is 2. The topological polar surface area (TPSA) is 12.0 Å². The van der Waals surface area contributed by atoms with Crippen LogP contribution >= 0.6 is 11.8 Å². The van der Waals surface area contributed by atoms with Gasteiger partial charge in [-0.3, -0.25) is 0 Å². The van der Waals surface area contributed by atoms with Gasteiger partial charge in [-0.25, -0.2) is 0 Å². The Morgan fingerprint density at radius 1 is 1.00 bits per heavy atom. The molecule has 0 saturated heterocycles. The van der Waals surface area contributed by atoms with E-state index in [2.05, 4.69) is 5.32 Å². The van der Waals surface area contributed by atoms with Crippen LogP contribution in [0.15, 0.2) is 58.3 Å². The molecular formula is C15H14F3NS. The first kappa shape index (κ1) is 14.9. The molecule has 1 N–H and O–H groups in total. The lowest BCUT2D eigenvalue weighted by Crippen LogP contribution is -2.14. The molecule has 0 amide bonds. The number of nitrogens with one attached hydrogen (secondary N) is 1. The fourth-order valence-electron chi connectivity index (χ4n) is 1.85. The summed E-state index contributed by atoms with van der Waals surface area (Å²) >= 11 is 1.32. The van der Waals surface area contributed by atoms with Gasteiger partial charge in [0.2, 0.25) is 0 Å². The zero-order valence-corrected chi connectivity index (χ0v) is 11.7. The van der Waals surface area contributed by atoms with E-state index >= 15 is 0 Å². The maximum Gasteiger partial charge on any atom is 0.416 e. The van der Waals surface area contributed by atoms with E-state index in [1.54, 1.807) is 13.1 Å². The molecule has 20 heavy (non-hydrogen) atoms. The summed E-state index contributed by atoms with van der Waals surface area (Å²) in [5, 5.41) is 2.76. The van der Waals surface area contributed by atoms with Crippen LogP contribution in [-0.4, -0.2) is 7.05 Å². The minimum atomic E-state index is -4.33. The van der Waals surface area contributed by atoms with Crippen LogP contribution < -0.4 is 5.32 Å². The first-order valence-corrected chi connectivity index (χ1v) is 6.90. The third-order valence-electron chi connectivity index (χ3n) is 2.73. The Labute approximate surface area is 120 Å². The van der Waals surface area contributed by atoms with Crippen molar-refractivity contribution in [3.63, 3.8) is 0 Å². The van der Waals surface area contributed by atoms with Gasteiger partial charge in [-0.2, -0.15) is 13.2 Å². The Morgan fingerprint density at radius 2 is 1.70 bits per heavy atom. The van der Waals surface area contributed by atoms with Crippen molar-refractivity contribution in [1.29, 1.82) is 0 Å². The van der Waals surface area contributed by atoms with Crippen molar-refractivity contribution in [3.8, 4) is 0 Å². The van der Waals surface area contributed by atoms with Crippen LogP contribution in [0.25, 0.3) is 0 Å². The lowest BCUT2D eigenvalue weighted by Gasteiger charge is -2.14. The lowest BCUT2D eigenvalue weighted by molar-refractivity contribution is -0.138. The highest BCUT2D eigenvalue weighted by Gasteiger charge is 2.33. The quantitative estimate of drug-likeness (QED) is 0.886. The second-order valence-electron chi connectivity index (χ2n) is 4.26. The molecular weight excluding hydrogens is 283 g/mol. The van der Waals surface area contributed by atoms with E-state index in [1.165, 1.54) is 23.9 Å². The van der Waals surface area contributed by atoms with Crippen LogP contribution in [0.4, 0.5) is 13.2 Å². The second-order valence-corrected chi connectivity index (χ2v) is 5.41. The lowest BCUT2D eigenvalue weighted by atomic mass is 10.1. The average molecular weight is 297 g/mol. The molecule has 2 aromatic rings. The van der Waals surface area contributed by atoms with E-state index in [4.69, 9.17) is 0 Å². The predicted octanol–water partition coefficient (Wildman–Crippen LogP) is 4.58. The predicted molar refractivity (Wildman–Crippen MR) is 74.8 cm³/mol. The van der Waals surface area contributed by atoms with Crippen molar-refractivity contribution < 1.29 is 13.2 Å². The third-order valence-corrected chi connectivity index (χ3v) is 3.73. The Morgan fingerprint density at radius 3 is 2.30 bits per heavy atom. The van der Waals surface area contributed by atoms with E-state index in [1.807, 2.05) is 30.3 Å². The molecule has 5 heteroatoms. The minimum Gasteiger partial charge on any atom is -0.316 e. The van der Waals surface area contributed by atoms with Crippen molar-refractivity contribution in [2.24, 2.45) is 0 Å². The molecule has 2 rings (SSSR count). The molecule has 1 nitrogen and oxygen atoms in total. The number of benzene rings is 2. The van der Waals surface area contributed by atoms with Gasteiger partial charge in [0.25, 0.3) is 0 Å². The first-order valence-electron chi connectivity index (χ1n) is 6.08. The van der Waals surface area contributed by atoms with E-state index in [0.717, 1.165) is 4.90 Å². The van der Waals surface area contributed by atoms with Gasteiger partial charge in [0.15, 0.2) is 0 Å². The molecule has 0 spiro atoms. The SMILES string of the molecule is CNCc1ccc(Sc2ccccc2)cc1C(F)(F)F. The van der Waals surface area contributed by atoms with Gasteiger partial charge in [-0.1, -0.05) is 36.0 Å². The van der Waals surface area contributed by atoms with Crippen molar-refractivity contribution >= 4 is 11.8 Å². The van der Waals surface area contributed by atoms with Crippen LogP contribution in [0.5, 0.6) is 0 Å². The van der Waals surface area contributed by atoms with Gasteiger partial charge in [0, 0.05) is 16.3 Å². The summed E-state index contributed by atoms with van der Waals surface area (Å²) in [4.78, 5) is 1.50. The standard InChI is InChI=1S/C15H14F3NS/c1-19-10-11-7-8-13(9-14(11)15(16,17)18)20-12-5-3-2-4-6-12/h2-9,19H,10H2,1H3. The van der Waals surface area contributed by atoms with Crippen LogP contribution in [0.2, 0.25) is 0 Å². The molecule has 0 radical (unpaired) electrons. The summed E-state index contributed by atoms with van der Waals surface area (Å²) in [6, 6.07) is 13.8. The molecule has 106 valence electrons. The first-order chi connectivity index (χ1) is 9.50. The van der Waals surface area contributed by atoms with Crippen molar-refractivity contribution in [2.75, 3.05) is 7.05 Å². The molecule has 0 bridgehead atoms. The summed E-state index contributed by atoms with van der Waals surface area (Å²) in [6.45, 7) is 0.200. The third kappa shape index (κ3) is 3.77. The highest BCUT2D eigenvalue weighted by Crippen LogP contribution is 2.36. The van der Waals surface area contributed by atoms with Gasteiger partial charge in [0.05, 0.1) is 5.56 Å². The summed E-state index contributed by atoms with van der Waals surface area (Å²) in [5.41, 5.74) is -0.315. The van der Waals surface area contributed by atoms with Crippen LogP contribution in [-0.2, 0) is 12.7 Å². The van der Waals surface area contributed by atoms with Gasteiger partial charge >= 0.3 is 6.18 Å². The summed E-state index contributed by atoms with van der Waals surface area (Å²) in [7, 11) is 1.63. The number of alkyl halides is 3. The molecule has 2 aromatic carbocycles. The molecule has 0 aromatic heterocycles. The van der Waals surface area contributed by atoms with Crippen LogP contribution in [0, 0.1) is 0 Å². The number of hydrogen-bond donors (Lipinski definition) is 1. The number of halogens is 3. The molecule has 0 heterocycles. The van der Waals surface area contributed by atoms with Crippen LogP contribution in [0.3, 0.4) is 0 Å².